The van der Waals surface area contributed by atoms with Gasteiger partial charge >= 0.3 is 0 Å². The van der Waals surface area contributed by atoms with Gasteiger partial charge in [-0.2, -0.15) is 0 Å². The van der Waals surface area contributed by atoms with E-state index in [0.717, 1.165) is 11.3 Å². The van der Waals surface area contributed by atoms with Gasteiger partial charge in [0.25, 0.3) is 0 Å². The molecule has 2 fully saturated rings. The lowest BCUT2D eigenvalue weighted by Crippen LogP contribution is -2.16. The first-order chi connectivity index (χ1) is 5.21. The molecule has 0 atom stereocenters. The van der Waals surface area contributed by atoms with E-state index in [2.05, 4.69) is 13.5 Å². The van der Waals surface area contributed by atoms with Crippen molar-refractivity contribution < 1.29 is 0 Å². The summed E-state index contributed by atoms with van der Waals surface area (Å²) >= 11 is 0. The Hall–Kier alpha value is -0.260. The summed E-state index contributed by atoms with van der Waals surface area (Å²) in [6, 6.07) is 0. The van der Waals surface area contributed by atoms with Crippen LogP contribution in [0, 0.1) is 11.3 Å². The summed E-state index contributed by atoms with van der Waals surface area (Å²) in [4.78, 5) is 0. The molecule has 0 N–H and O–H groups in total. The maximum Gasteiger partial charge on any atom is -0.0297 e. The van der Waals surface area contributed by atoms with Crippen LogP contribution in [0.5, 0.6) is 0 Å². The van der Waals surface area contributed by atoms with E-state index in [1.165, 1.54) is 44.1 Å². The Morgan fingerprint density at radius 1 is 1.27 bits per heavy atom. The Kier molecular flexibility index (Phi) is 1.59. The second-order valence-electron chi connectivity index (χ2n) is 4.68. The molecular weight excluding hydrogens is 132 g/mol. The maximum absolute atomic E-state index is 4.05. The van der Waals surface area contributed by atoms with Gasteiger partial charge < -0.3 is 0 Å². The minimum absolute atomic E-state index is 0.765. The average molecular weight is 150 g/mol. The van der Waals surface area contributed by atoms with Crippen LogP contribution in [0.15, 0.2) is 12.2 Å². The summed E-state index contributed by atoms with van der Waals surface area (Å²) in [6.45, 7) is 6.52. The van der Waals surface area contributed by atoms with Crippen LogP contribution < -0.4 is 0 Å². The molecule has 11 heavy (non-hydrogen) atoms. The second-order valence-corrected chi connectivity index (χ2v) is 4.68. The van der Waals surface area contributed by atoms with Crippen molar-refractivity contribution in [3.05, 3.63) is 12.2 Å². The summed E-state index contributed by atoms with van der Waals surface area (Å²) in [5, 5.41) is 0. The molecule has 62 valence electrons. The lowest BCUT2D eigenvalue weighted by atomic mass is 9.77. The molecule has 0 nitrogen and oxygen atoms in total. The minimum atomic E-state index is 0.765. The molecule has 0 aromatic rings. The van der Waals surface area contributed by atoms with Crippen LogP contribution in [0.3, 0.4) is 0 Å². The third kappa shape index (κ3) is 1.36. The molecule has 0 heteroatoms. The summed E-state index contributed by atoms with van der Waals surface area (Å²) in [5.41, 5.74) is 2.26. The van der Waals surface area contributed by atoms with E-state index in [-0.39, 0.29) is 0 Å². The molecule has 0 aliphatic heterocycles. The molecule has 0 saturated heterocycles. The van der Waals surface area contributed by atoms with E-state index in [0.29, 0.717) is 0 Å². The molecule has 0 aromatic carbocycles. The predicted octanol–water partition coefficient (Wildman–Crippen LogP) is 3.53. The number of allylic oxidation sites excluding steroid dienone is 1. The summed E-state index contributed by atoms with van der Waals surface area (Å²) in [6.07, 6.45) is 8.44. The highest BCUT2D eigenvalue weighted by Gasteiger charge is 2.44. The Morgan fingerprint density at radius 2 is 1.82 bits per heavy atom. The van der Waals surface area contributed by atoms with Gasteiger partial charge in [-0.05, 0) is 49.9 Å². The summed E-state index contributed by atoms with van der Waals surface area (Å²) in [7, 11) is 0. The van der Waals surface area contributed by atoms with Gasteiger partial charge in [0.05, 0.1) is 0 Å². The van der Waals surface area contributed by atoms with Gasteiger partial charge in [0.2, 0.25) is 0 Å². The molecule has 0 unspecified atom stereocenters. The molecule has 0 amide bonds. The smallest absolute Gasteiger partial charge is 0.0297 e. The van der Waals surface area contributed by atoms with E-state index in [1.54, 1.807) is 0 Å². The zero-order valence-electron chi connectivity index (χ0n) is 7.53. The standard InChI is InChI=1S/C11H18/c1-9-3-5-10(6-4-9)11(2)7-8-11/h10H,1,3-8H2,2H3. The van der Waals surface area contributed by atoms with Gasteiger partial charge in [0.1, 0.15) is 0 Å². The first-order valence-electron chi connectivity index (χ1n) is 4.87. The van der Waals surface area contributed by atoms with Crippen LogP contribution in [0.1, 0.15) is 45.4 Å². The fourth-order valence-electron chi connectivity index (χ4n) is 2.33. The van der Waals surface area contributed by atoms with E-state index in [4.69, 9.17) is 0 Å². The van der Waals surface area contributed by atoms with Crippen molar-refractivity contribution in [1.82, 2.24) is 0 Å². The molecule has 0 bridgehead atoms. The summed E-state index contributed by atoms with van der Waals surface area (Å²) in [5.74, 6) is 1.04. The van der Waals surface area contributed by atoms with Gasteiger partial charge in [-0.15, -0.1) is 0 Å². The van der Waals surface area contributed by atoms with Gasteiger partial charge in [-0.3, -0.25) is 0 Å². The third-order valence-electron chi connectivity index (χ3n) is 3.72. The Labute approximate surface area is 69.7 Å². The maximum atomic E-state index is 4.05. The first kappa shape index (κ1) is 7.39. The molecule has 2 saturated carbocycles. The highest BCUT2D eigenvalue weighted by Crippen LogP contribution is 2.56. The Morgan fingerprint density at radius 3 is 2.27 bits per heavy atom. The van der Waals surface area contributed by atoms with Gasteiger partial charge in [-0.1, -0.05) is 19.1 Å². The van der Waals surface area contributed by atoms with Crippen molar-refractivity contribution in [2.45, 2.75) is 45.4 Å². The van der Waals surface area contributed by atoms with Crippen LogP contribution in [-0.4, -0.2) is 0 Å². The Bertz CT molecular complexity index is 164. The normalized spacial score (nSPS) is 30.5. The molecule has 0 heterocycles. The lowest BCUT2D eigenvalue weighted by molar-refractivity contribution is 0.272. The van der Waals surface area contributed by atoms with E-state index in [1.807, 2.05) is 0 Å². The van der Waals surface area contributed by atoms with Crippen LogP contribution in [0.2, 0.25) is 0 Å². The molecule has 2 aliphatic carbocycles. The van der Waals surface area contributed by atoms with Crippen LogP contribution in [-0.2, 0) is 0 Å². The van der Waals surface area contributed by atoms with Crippen molar-refractivity contribution in [1.29, 1.82) is 0 Å². The summed E-state index contributed by atoms with van der Waals surface area (Å²) < 4.78 is 0. The molecular formula is C11H18. The fourth-order valence-corrected chi connectivity index (χ4v) is 2.33. The van der Waals surface area contributed by atoms with Gasteiger partial charge in [0.15, 0.2) is 0 Å². The van der Waals surface area contributed by atoms with Crippen molar-refractivity contribution >= 4 is 0 Å². The highest BCUT2D eigenvalue weighted by molar-refractivity contribution is 5.04. The third-order valence-corrected chi connectivity index (χ3v) is 3.72. The highest BCUT2D eigenvalue weighted by atomic mass is 14.5. The monoisotopic (exact) mass is 150 g/mol. The largest absolute Gasteiger partial charge is 0.0999 e. The van der Waals surface area contributed by atoms with Gasteiger partial charge in [0, 0.05) is 0 Å². The zero-order valence-corrected chi connectivity index (χ0v) is 7.53. The van der Waals surface area contributed by atoms with Crippen molar-refractivity contribution in [3.8, 4) is 0 Å². The van der Waals surface area contributed by atoms with E-state index >= 15 is 0 Å². The minimum Gasteiger partial charge on any atom is -0.0999 e. The molecule has 2 rings (SSSR count). The molecule has 0 radical (unpaired) electrons. The first-order valence-corrected chi connectivity index (χ1v) is 4.87. The van der Waals surface area contributed by atoms with Crippen molar-refractivity contribution in [2.75, 3.05) is 0 Å². The van der Waals surface area contributed by atoms with Crippen LogP contribution in [0.25, 0.3) is 0 Å². The van der Waals surface area contributed by atoms with Gasteiger partial charge in [-0.25, -0.2) is 0 Å². The number of rotatable bonds is 1. The Balaban J connectivity index is 1.92. The average Bonchev–Trinajstić information content (AvgIpc) is 2.70. The zero-order chi connectivity index (χ0) is 7.90. The number of hydrogen-bond acceptors (Lipinski definition) is 0. The molecule has 2 aliphatic rings. The van der Waals surface area contributed by atoms with Crippen molar-refractivity contribution in [3.63, 3.8) is 0 Å². The van der Waals surface area contributed by atoms with Crippen molar-refractivity contribution in [2.24, 2.45) is 11.3 Å². The van der Waals surface area contributed by atoms with Crippen LogP contribution in [0.4, 0.5) is 0 Å². The molecule has 0 spiro atoms. The second kappa shape index (κ2) is 2.36. The number of hydrogen-bond donors (Lipinski definition) is 0. The lowest BCUT2D eigenvalue weighted by Gasteiger charge is -2.28. The fraction of sp³-hybridized carbons (Fsp3) is 0.818. The van der Waals surface area contributed by atoms with Crippen LogP contribution >= 0.6 is 0 Å². The van der Waals surface area contributed by atoms with E-state index in [9.17, 15) is 0 Å². The molecule has 0 aromatic heterocycles. The van der Waals surface area contributed by atoms with E-state index < -0.39 is 0 Å². The SMILES string of the molecule is C=C1CCC(C2(C)CC2)CC1. The quantitative estimate of drug-likeness (QED) is 0.502. The predicted molar refractivity (Wildman–Crippen MR) is 48.4 cm³/mol. The topological polar surface area (TPSA) is 0 Å².